The van der Waals surface area contributed by atoms with E-state index in [0.717, 1.165) is 59.0 Å². The van der Waals surface area contributed by atoms with Crippen molar-refractivity contribution in [3.8, 4) is 0 Å². The summed E-state index contributed by atoms with van der Waals surface area (Å²) >= 11 is 4.75. The van der Waals surface area contributed by atoms with E-state index in [0.29, 0.717) is 16.9 Å². The number of nitrogens with one attached hydrogen (secondary N) is 2. The Balaban J connectivity index is 1.34. The summed E-state index contributed by atoms with van der Waals surface area (Å²) in [5.41, 5.74) is 2.29. The molecule has 2 atom stereocenters. The number of thioether (sulfide) groups is 1. The topological polar surface area (TPSA) is 91.5 Å². The van der Waals surface area contributed by atoms with Crippen LogP contribution < -0.4 is 11.1 Å². The molecular weight excluding hydrogens is 460 g/mol. The van der Waals surface area contributed by atoms with Crippen molar-refractivity contribution in [2.24, 2.45) is 5.92 Å². The zero-order valence-corrected chi connectivity index (χ0v) is 20.5. The van der Waals surface area contributed by atoms with E-state index in [1.54, 1.807) is 22.7 Å². The molecule has 4 aromatic heterocycles. The van der Waals surface area contributed by atoms with Gasteiger partial charge in [-0.05, 0) is 68.9 Å². The number of hydrogen-bond donors (Lipinski definition) is 2. The Bertz CT molecular complexity index is 1480. The minimum atomic E-state index is -0.139. The fourth-order valence-electron chi connectivity index (χ4n) is 4.98. The van der Waals surface area contributed by atoms with E-state index in [1.807, 2.05) is 6.92 Å². The Morgan fingerprint density at radius 2 is 1.62 bits per heavy atom. The molecule has 4 aromatic rings. The highest BCUT2D eigenvalue weighted by atomic mass is 32.2. The van der Waals surface area contributed by atoms with Gasteiger partial charge in [-0.3, -0.25) is 9.59 Å². The van der Waals surface area contributed by atoms with Crippen molar-refractivity contribution < 1.29 is 0 Å². The summed E-state index contributed by atoms with van der Waals surface area (Å²) in [6.45, 7) is 4.26. The summed E-state index contributed by atoms with van der Waals surface area (Å²) in [7, 11) is 0. The van der Waals surface area contributed by atoms with E-state index in [4.69, 9.17) is 9.97 Å². The van der Waals surface area contributed by atoms with Gasteiger partial charge in [0, 0.05) is 9.75 Å². The maximum absolute atomic E-state index is 12.9. The maximum Gasteiger partial charge on any atom is 0.260 e. The lowest BCUT2D eigenvalue weighted by atomic mass is 9.89. The van der Waals surface area contributed by atoms with Gasteiger partial charge in [-0.2, -0.15) is 0 Å². The summed E-state index contributed by atoms with van der Waals surface area (Å²) in [6.07, 6.45) is 7.45. The molecule has 2 unspecified atom stereocenters. The first-order valence-electron chi connectivity index (χ1n) is 11.2. The fourth-order valence-corrected chi connectivity index (χ4v) is 8.55. The predicted molar refractivity (Wildman–Crippen MR) is 133 cm³/mol. The molecule has 0 aliphatic heterocycles. The first-order chi connectivity index (χ1) is 15.5. The second kappa shape index (κ2) is 7.81. The van der Waals surface area contributed by atoms with E-state index in [2.05, 4.69) is 16.9 Å². The minimum absolute atomic E-state index is 0.0488. The molecule has 6 nitrogen and oxygen atoms in total. The first-order valence-corrected chi connectivity index (χ1v) is 13.7. The van der Waals surface area contributed by atoms with Crippen molar-refractivity contribution in [3.05, 3.63) is 47.4 Å². The molecule has 4 heterocycles. The SMILES string of the molecule is CC1CCc2c(sc3nc(C(C)Sc4nc5sc6c(c5c(=O)[nH]4)CCCC6)[nH]c(=O)c23)C1. The first kappa shape index (κ1) is 20.6. The lowest BCUT2D eigenvalue weighted by molar-refractivity contribution is 0.509. The maximum atomic E-state index is 12.9. The number of H-pyrrole nitrogens is 2. The molecule has 2 aliphatic carbocycles. The van der Waals surface area contributed by atoms with Gasteiger partial charge >= 0.3 is 0 Å². The molecule has 0 saturated heterocycles. The summed E-state index contributed by atoms with van der Waals surface area (Å²) < 4.78 is 0. The van der Waals surface area contributed by atoms with E-state index in [-0.39, 0.29) is 16.4 Å². The number of hydrogen-bond acceptors (Lipinski definition) is 7. The normalized spacial score (nSPS) is 19.2. The number of rotatable bonds is 3. The molecule has 0 amide bonds. The molecule has 0 radical (unpaired) electrons. The molecule has 0 aromatic carbocycles. The van der Waals surface area contributed by atoms with Crippen LogP contribution >= 0.6 is 34.4 Å². The smallest absolute Gasteiger partial charge is 0.260 e. The highest BCUT2D eigenvalue weighted by Gasteiger charge is 2.25. The van der Waals surface area contributed by atoms with Crippen molar-refractivity contribution in [2.45, 2.75) is 69.2 Å². The van der Waals surface area contributed by atoms with E-state index in [1.165, 1.54) is 39.1 Å². The highest BCUT2D eigenvalue weighted by Crippen LogP contribution is 2.38. The third-order valence-electron chi connectivity index (χ3n) is 6.66. The summed E-state index contributed by atoms with van der Waals surface area (Å²) in [5.74, 6) is 1.29. The lowest BCUT2D eigenvalue weighted by Gasteiger charge is -2.17. The molecule has 0 fully saturated rings. The highest BCUT2D eigenvalue weighted by molar-refractivity contribution is 7.99. The van der Waals surface area contributed by atoms with Crippen molar-refractivity contribution in [1.29, 1.82) is 0 Å². The van der Waals surface area contributed by atoms with Crippen LogP contribution in [0.1, 0.15) is 65.1 Å². The van der Waals surface area contributed by atoms with Gasteiger partial charge in [0.2, 0.25) is 0 Å². The number of aromatic nitrogens is 4. The van der Waals surface area contributed by atoms with Crippen LogP contribution in [-0.4, -0.2) is 19.9 Å². The van der Waals surface area contributed by atoms with Crippen LogP contribution in [0.15, 0.2) is 14.7 Å². The second-order valence-electron chi connectivity index (χ2n) is 9.01. The Morgan fingerprint density at radius 1 is 0.938 bits per heavy atom. The number of aryl methyl sites for hydroxylation is 3. The Kier molecular flexibility index (Phi) is 5.04. The average Bonchev–Trinajstić information content (AvgIpc) is 3.31. The molecule has 6 rings (SSSR count). The Labute approximate surface area is 196 Å². The van der Waals surface area contributed by atoms with E-state index >= 15 is 0 Å². The van der Waals surface area contributed by atoms with E-state index < -0.39 is 0 Å². The van der Waals surface area contributed by atoms with Crippen molar-refractivity contribution in [1.82, 2.24) is 19.9 Å². The summed E-state index contributed by atoms with van der Waals surface area (Å²) in [6, 6.07) is 0. The molecule has 9 heteroatoms. The van der Waals surface area contributed by atoms with Crippen molar-refractivity contribution >= 4 is 54.9 Å². The molecule has 166 valence electrons. The van der Waals surface area contributed by atoms with Crippen LogP contribution in [0.2, 0.25) is 0 Å². The largest absolute Gasteiger partial charge is 0.309 e. The van der Waals surface area contributed by atoms with Gasteiger partial charge in [0.25, 0.3) is 11.1 Å². The van der Waals surface area contributed by atoms with Gasteiger partial charge in [0.1, 0.15) is 15.5 Å². The lowest BCUT2D eigenvalue weighted by Crippen LogP contribution is -2.15. The molecular formula is C23H24N4O2S3. The Hall–Kier alpha value is -1.97. The monoisotopic (exact) mass is 484 g/mol. The molecule has 0 spiro atoms. The number of nitrogens with zero attached hydrogens (tertiary/aromatic N) is 2. The van der Waals surface area contributed by atoms with Crippen LogP contribution in [0.5, 0.6) is 0 Å². The van der Waals surface area contributed by atoms with Gasteiger partial charge in [0.15, 0.2) is 5.16 Å². The van der Waals surface area contributed by atoms with Gasteiger partial charge < -0.3 is 9.97 Å². The van der Waals surface area contributed by atoms with Crippen LogP contribution in [0.3, 0.4) is 0 Å². The van der Waals surface area contributed by atoms with Crippen LogP contribution in [0.4, 0.5) is 0 Å². The third kappa shape index (κ3) is 3.36. The number of thiophene rings is 2. The van der Waals surface area contributed by atoms with Gasteiger partial charge in [0.05, 0.1) is 16.0 Å². The molecule has 2 aliphatic rings. The molecule has 2 N–H and O–H groups in total. The quantitative estimate of drug-likeness (QED) is 0.310. The number of fused-ring (bicyclic) bond motifs is 6. The number of aromatic amines is 2. The summed E-state index contributed by atoms with van der Waals surface area (Å²) in [5, 5.41) is 1.99. The summed E-state index contributed by atoms with van der Waals surface area (Å²) in [4.78, 5) is 45.6. The fraction of sp³-hybridized carbons (Fsp3) is 0.478. The molecule has 0 bridgehead atoms. The van der Waals surface area contributed by atoms with Gasteiger partial charge in [-0.25, -0.2) is 9.97 Å². The third-order valence-corrected chi connectivity index (χ3v) is 9.99. The van der Waals surface area contributed by atoms with E-state index in [9.17, 15) is 9.59 Å². The van der Waals surface area contributed by atoms with Crippen molar-refractivity contribution in [2.75, 3.05) is 0 Å². The van der Waals surface area contributed by atoms with Crippen LogP contribution in [-0.2, 0) is 25.7 Å². The predicted octanol–water partition coefficient (Wildman–Crippen LogP) is 5.14. The second-order valence-corrected chi connectivity index (χ2v) is 12.5. The van der Waals surface area contributed by atoms with Gasteiger partial charge in [-0.15, -0.1) is 22.7 Å². The average molecular weight is 485 g/mol. The molecule has 0 saturated carbocycles. The molecule has 32 heavy (non-hydrogen) atoms. The standard InChI is InChI=1S/C23H24N4O2S3/c1-10-7-8-13-15(9-10)32-21-17(13)19(28)24-18(25-21)11(2)30-23-26-20(29)16-12-5-3-4-6-14(12)31-22(16)27-23/h10-11H,3-9H2,1-2H3,(H,24,25,28)(H,26,27,29). The minimum Gasteiger partial charge on any atom is -0.309 e. The van der Waals surface area contributed by atoms with Gasteiger partial charge in [-0.1, -0.05) is 18.7 Å². The zero-order chi connectivity index (χ0) is 22.0. The van der Waals surface area contributed by atoms with Crippen LogP contribution in [0.25, 0.3) is 20.4 Å². The Morgan fingerprint density at radius 3 is 2.47 bits per heavy atom. The van der Waals surface area contributed by atoms with Crippen molar-refractivity contribution in [3.63, 3.8) is 0 Å². The van der Waals surface area contributed by atoms with Crippen LogP contribution in [0, 0.1) is 5.92 Å². The zero-order valence-electron chi connectivity index (χ0n) is 18.0.